The molecule has 7 heteroatoms. The van der Waals surface area contributed by atoms with Gasteiger partial charge >= 0.3 is 11.9 Å². The maximum absolute atomic E-state index is 12.7. The van der Waals surface area contributed by atoms with Crippen molar-refractivity contribution in [2.45, 2.75) is 6.18 Å². The molecule has 1 N–H and O–H groups in total. The lowest BCUT2D eigenvalue weighted by Crippen LogP contribution is -2.14. The van der Waals surface area contributed by atoms with Crippen molar-refractivity contribution in [1.82, 2.24) is 9.55 Å². The Kier molecular flexibility index (Phi) is 2.31. The Hall–Kier alpha value is -2.44. The van der Waals surface area contributed by atoms with Crippen molar-refractivity contribution in [3.63, 3.8) is 0 Å². The van der Waals surface area contributed by atoms with Gasteiger partial charge in [0.1, 0.15) is 0 Å². The van der Waals surface area contributed by atoms with E-state index in [4.69, 9.17) is 4.42 Å². The summed E-state index contributed by atoms with van der Waals surface area (Å²) in [5, 5.41) is 0. The highest BCUT2D eigenvalue weighted by atomic mass is 19.4. The largest absolute Gasteiger partial charge is 0.448 e. The van der Waals surface area contributed by atoms with Gasteiger partial charge in [-0.05, 0) is 24.3 Å². The Morgan fingerprint density at radius 3 is 2.63 bits per heavy atom. The van der Waals surface area contributed by atoms with Gasteiger partial charge in [-0.2, -0.15) is 13.2 Å². The lowest BCUT2D eigenvalue weighted by Gasteiger charge is -2.06. The second kappa shape index (κ2) is 3.78. The molecule has 0 aliphatic rings. The lowest BCUT2D eigenvalue weighted by molar-refractivity contribution is -0.137. The molecule has 0 bridgehead atoms. The molecule has 4 nitrogen and oxygen atoms in total. The van der Waals surface area contributed by atoms with Crippen LogP contribution >= 0.6 is 0 Å². The minimum atomic E-state index is -4.46. The first-order valence-electron chi connectivity index (χ1n) is 5.33. The molecule has 0 unspecified atom stereocenters. The molecule has 0 spiro atoms. The molecule has 0 atom stereocenters. The number of aromatic amines is 1. The van der Waals surface area contributed by atoms with E-state index in [0.717, 1.165) is 16.7 Å². The molecule has 3 aromatic rings. The fraction of sp³-hybridized carbons (Fsp3) is 0.0833. The first kappa shape index (κ1) is 11.6. The van der Waals surface area contributed by atoms with Gasteiger partial charge in [0.15, 0.2) is 0 Å². The average Bonchev–Trinajstić information content (AvgIpc) is 2.92. The molecule has 0 aliphatic carbocycles. The van der Waals surface area contributed by atoms with Crippen LogP contribution in [0.1, 0.15) is 5.56 Å². The SMILES string of the molecule is O=c1[nH]c2ccc(C(F)(F)F)cc2n1-c1ccco1. The van der Waals surface area contributed by atoms with Gasteiger partial charge in [-0.15, -0.1) is 0 Å². The van der Waals surface area contributed by atoms with Crippen molar-refractivity contribution in [3.05, 3.63) is 52.6 Å². The summed E-state index contributed by atoms with van der Waals surface area (Å²) in [5.74, 6) is 0.163. The molecule has 1 aromatic carbocycles. The number of hydrogen-bond acceptors (Lipinski definition) is 2. The number of fused-ring (bicyclic) bond motifs is 1. The average molecular weight is 268 g/mol. The third-order valence-electron chi connectivity index (χ3n) is 2.74. The highest BCUT2D eigenvalue weighted by Gasteiger charge is 2.31. The van der Waals surface area contributed by atoms with E-state index in [1.807, 2.05) is 0 Å². The monoisotopic (exact) mass is 268 g/mol. The van der Waals surface area contributed by atoms with Gasteiger partial charge in [-0.3, -0.25) is 0 Å². The minimum absolute atomic E-state index is 0.120. The molecule has 19 heavy (non-hydrogen) atoms. The van der Waals surface area contributed by atoms with Gasteiger partial charge in [-0.1, -0.05) is 0 Å². The number of hydrogen-bond donors (Lipinski definition) is 1. The van der Waals surface area contributed by atoms with Crippen LogP contribution in [0.4, 0.5) is 13.2 Å². The van der Waals surface area contributed by atoms with Gasteiger partial charge in [0.25, 0.3) is 0 Å². The Morgan fingerprint density at radius 2 is 2.00 bits per heavy atom. The standard InChI is InChI=1S/C12H7F3N2O2/c13-12(14,15)7-3-4-8-9(6-7)17(11(18)16-8)10-2-1-5-19-10/h1-6H,(H,16,18). The molecule has 0 saturated heterocycles. The van der Waals surface area contributed by atoms with Crippen molar-refractivity contribution in [2.75, 3.05) is 0 Å². The van der Waals surface area contributed by atoms with Crippen LogP contribution in [0.3, 0.4) is 0 Å². The third kappa shape index (κ3) is 1.83. The van der Waals surface area contributed by atoms with Crippen LogP contribution in [-0.2, 0) is 6.18 Å². The first-order chi connectivity index (χ1) is 8.97. The summed E-state index contributed by atoms with van der Waals surface area (Å²) in [6.45, 7) is 0. The van der Waals surface area contributed by atoms with Gasteiger partial charge in [0, 0.05) is 6.07 Å². The number of alkyl halides is 3. The summed E-state index contributed by atoms with van der Waals surface area (Å²) in [4.78, 5) is 14.2. The highest BCUT2D eigenvalue weighted by Crippen LogP contribution is 2.31. The van der Waals surface area contributed by atoms with E-state index in [-0.39, 0.29) is 11.4 Å². The maximum Gasteiger partial charge on any atom is 0.416 e. The van der Waals surface area contributed by atoms with E-state index >= 15 is 0 Å². The minimum Gasteiger partial charge on any atom is -0.448 e. The number of nitrogens with zero attached hydrogens (tertiary/aromatic N) is 1. The number of H-pyrrole nitrogens is 1. The molecule has 2 aromatic heterocycles. The van der Waals surface area contributed by atoms with Gasteiger partial charge in [0.2, 0.25) is 5.88 Å². The van der Waals surface area contributed by atoms with Crippen molar-refractivity contribution in [3.8, 4) is 5.88 Å². The molecule has 0 radical (unpaired) electrons. The molecule has 3 rings (SSSR count). The van der Waals surface area contributed by atoms with Crippen LogP contribution in [-0.4, -0.2) is 9.55 Å². The smallest absolute Gasteiger partial charge is 0.416 e. The van der Waals surface area contributed by atoms with Crippen molar-refractivity contribution in [1.29, 1.82) is 0 Å². The van der Waals surface area contributed by atoms with Crippen LogP contribution in [0.25, 0.3) is 16.9 Å². The van der Waals surface area contributed by atoms with Crippen LogP contribution in [0.2, 0.25) is 0 Å². The fourth-order valence-corrected chi connectivity index (χ4v) is 1.90. The molecule has 0 aliphatic heterocycles. The molecule has 2 heterocycles. The summed E-state index contributed by atoms with van der Waals surface area (Å²) < 4.78 is 44.1. The predicted molar refractivity (Wildman–Crippen MR) is 61.2 cm³/mol. The number of imidazole rings is 1. The van der Waals surface area contributed by atoms with E-state index in [2.05, 4.69) is 4.98 Å². The Balaban J connectivity index is 2.33. The molecule has 98 valence electrons. The van der Waals surface area contributed by atoms with Crippen LogP contribution < -0.4 is 5.69 Å². The zero-order chi connectivity index (χ0) is 13.6. The third-order valence-corrected chi connectivity index (χ3v) is 2.74. The summed E-state index contributed by atoms with van der Waals surface area (Å²) in [7, 11) is 0. The molecular formula is C12H7F3N2O2. The summed E-state index contributed by atoms with van der Waals surface area (Å²) >= 11 is 0. The summed E-state index contributed by atoms with van der Waals surface area (Å²) in [6, 6.07) is 6.10. The number of rotatable bonds is 1. The second-order valence-corrected chi connectivity index (χ2v) is 3.95. The molecule has 0 saturated carbocycles. The van der Waals surface area contributed by atoms with Gasteiger partial charge in [-0.25, -0.2) is 9.36 Å². The van der Waals surface area contributed by atoms with E-state index in [1.165, 1.54) is 18.4 Å². The normalized spacial score (nSPS) is 12.2. The summed E-state index contributed by atoms with van der Waals surface area (Å²) in [6.07, 6.45) is -3.12. The van der Waals surface area contributed by atoms with E-state index < -0.39 is 17.4 Å². The predicted octanol–water partition coefficient (Wildman–Crippen LogP) is 2.93. The van der Waals surface area contributed by atoms with Gasteiger partial charge in [0.05, 0.1) is 22.9 Å². The van der Waals surface area contributed by atoms with Crippen LogP contribution in [0.5, 0.6) is 0 Å². The lowest BCUT2D eigenvalue weighted by atomic mass is 10.2. The maximum atomic E-state index is 12.7. The molecule has 0 fully saturated rings. The molecule has 0 amide bonds. The van der Waals surface area contributed by atoms with E-state index in [9.17, 15) is 18.0 Å². The van der Waals surface area contributed by atoms with Crippen LogP contribution in [0.15, 0.2) is 45.8 Å². The molecular weight excluding hydrogens is 261 g/mol. The Labute approximate surface area is 104 Å². The van der Waals surface area contributed by atoms with Crippen molar-refractivity contribution >= 4 is 11.0 Å². The number of nitrogens with one attached hydrogen (secondary N) is 1. The van der Waals surface area contributed by atoms with Crippen molar-refractivity contribution < 1.29 is 17.6 Å². The van der Waals surface area contributed by atoms with E-state index in [1.54, 1.807) is 6.07 Å². The number of halogens is 3. The van der Waals surface area contributed by atoms with Gasteiger partial charge < -0.3 is 9.40 Å². The first-order valence-corrected chi connectivity index (χ1v) is 5.33. The summed E-state index contributed by atoms with van der Waals surface area (Å²) in [5.41, 5.74) is -0.937. The Morgan fingerprint density at radius 1 is 1.21 bits per heavy atom. The van der Waals surface area contributed by atoms with E-state index in [0.29, 0.717) is 5.52 Å². The van der Waals surface area contributed by atoms with Crippen molar-refractivity contribution in [2.24, 2.45) is 0 Å². The zero-order valence-electron chi connectivity index (χ0n) is 9.36. The van der Waals surface area contributed by atoms with Crippen LogP contribution in [0, 0.1) is 0 Å². The fourth-order valence-electron chi connectivity index (χ4n) is 1.90. The zero-order valence-corrected chi connectivity index (χ0v) is 9.36. The second-order valence-electron chi connectivity index (χ2n) is 3.95. The highest BCUT2D eigenvalue weighted by molar-refractivity contribution is 5.77. The number of furan rings is 1. The quantitative estimate of drug-likeness (QED) is 0.737. The number of aromatic nitrogens is 2. The topological polar surface area (TPSA) is 50.9 Å². The Bertz CT molecular complexity index is 782. The number of benzene rings is 1.